The quantitative estimate of drug-likeness (QED) is 0.326. The van der Waals surface area contributed by atoms with Gasteiger partial charge >= 0.3 is 5.97 Å². The number of benzene rings is 1. The van der Waals surface area contributed by atoms with Crippen LogP contribution in [0.4, 0.5) is 0 Å². The average Bonchev–Trinajstić information content (AvgIpc) is 3.56. The summed E-state index contributed by atoms with van der Waals surface area (Å²) < 4.78 is 44.2. The van der Waals surface area contributed by atoms with E-state index in [2.05, 4.69) is 20.7 Å². The van der Waals surface area contributed by atoms with Crippen molar-refractivity contribution in [2.45, 2.75) is 24.9 Å². The lowest BCUT2D eigenvalue weighted by atomic mass is 10.1. The molecule has 11 heteroatoms. The fraction of sp³-hybridized carbons (Fsp3) is 0.167. The number of carbonyl (C=O) groups excluding carboxylic acids is 2. The maximum absolute atomic E-state index is 13.2. The summed E-state index contributed by atoms with van der Waals surface area (Å²) in [5, 5.41) is 0. The van der Waals surface area contributed by atoms with E-state index in [1.54, 1.807) is 43.3 Å². The molecule has 0 spiro atoms. The monoisotopic (exact) mass is 560 g/mol. The minimum atomic E-state index is -3.74. The third-order valence-electron chi connectivity index (χ3n) is 5.32. The molecule has 1 aromatic carbocycles. The van der Waals surface area contributed by atoms with Crippen LogP contribution in [0.25, 0.3) is 6.08 Å². The number of hydrogen-bond acceptors (Lipinski definition) is 7. The second kappa shape index (κ2) is 10.1. The molecule has 2 aromatic heterocycles. The van der Waals surface area contributed by atoms with Gasteiger partial charge in [-0.2, -0.15) is 0 Å². The lowest BCUT2D eigenvalue weighted by Crippen LogP contribution is -2.24. The summed E-state index contributed by atoms with van der Waals surface area (Å²) in [6.07, 6.45) is 2.94. The number of esters is 1. The number of halogens is 1. The van der Waals surface area contributed by atoms with E-state index in [1.807, 2.05) is 0 Å². The number of allylic oxidation sites excluding steroid dienone is 1. The summed E-state index contributed by atoms with van der Waals surface area (Å²) >= 11 is 3.27. The van der Waals surface area contributed by atoms with Gasteiger partial charge in [0, 0.05) is 10.2 Å². The van der Waals surface area contributed by atoms with Crippen molar-refractivity contribution in [1.82, 2.24) is 9.62 Å². The zero-order chi connectivity index (χ0) is 25.2. The Morgan fingerprint density at radius 3 is 2.54 bits per heavy atom. The molecule has 1 aliphatic rings. The van der Waals surface area contributed by atoms with Crippen molar-refractivity contribution in [3.05, 3.63) is 93.4 Å². The molecule has 0 radical (unpaired) electrons. The van der Waals surface area contributed by atoms with Crippen LogP contribution in [0.2, 0.25) is 0 Å². The third kappa shape index (κ3) is 5.31. The minimum absolute atomic E-state index is 0.0984. The van der Waals surface area contributed by atoms with E-state index >= 15 is 0 Å². The van der Waals surface area contributed by atoms with E-state index in [9.17, 15) is 18.0 Å². The van der Waals surface area contributed by atoms with Crippen molar-refractivity contribution in [3.63, 3.8) is 0 Å². The summed E-state index contributed by atoms with van der Waals surface area (Å²) in [4.78, 5) is 27.2. The van der Waals surface area contributed by atoms with E-state index in [4.69, 9.17) is 13.6 Å². The van der Waals surface area contributed by atoms with Gasteiger partial charge in [0.05, 0.1) is 42.5 Å². The molecule has 0 aliphatic carbocycles. The Morgan fingerprint density at radius 2 is 1.89 bits per heavy atom. The van der Waals surface area contributed by atoms with Crippen LogP contribution in [0.3, 0.4) is 0 Å². The van der Waals surface area contributed by atoms with Crippen molar-refractivity contribution < 1.29 is 31.6 Å². The molecule has 35 heavy (non-hydrogen) atoms. The molecule has 1 amide bonds. The Morgan fingerprint density at radius 1 is 1.14 bits per heavy atom. The first-order valence-electron chi connectivity index (χ1n) is 10.4. The molecule has 182 valence electrons. The molecule has 0 saturated carbocycles. The summed E-state index contributed by atoms with van der Waals surface area (Å²) in [6, 6.07) is 12.8. The lowest BCUT2D eigenvalue weighted by Gasteiger charge is -2.15. The second-order valence-electron chi connectivity index (χ2n) is 7.56. The zero-order valence-electron chi connectivity index (χ0n) is 18.8. The number of methoxy groups -OCH3 is 1. The van der Waals surface area contributed by atoms with Gasteiger partial charge in [-0.1, -0.05) is 15.9 Å². The van der Waals surface area contributed by atoms with Crippen LogP contribution in [-0.2, 0) is 37.4 Å². The van der Waals surface area contributed by atoms with Crippen LogP contribution in [0.5, 0.6) is 0 Å². The lowest BCUT2D eigenvalue weighted by molar-refractivity contribution is -0.136. The number of sulfonamides is 1. The predicted octanol–water partition coefficient (Wildman–Crippen LogP) is 3.99. The Balaban J connectivity index is 1.54. The second-order valence-corrected chi connectivity index (χ2v) is 10.2. The molecule has 0 atom stereocenters. The fourth-order valence-electron chi connectivity index (χ4n) is 3.55. The number of amides is 1. The zero-order valence-corrected chi connectivity index (χ0v) is 21.2. The molecule has 0 unspecified atom stereocenters. The van der Waals surface area contributed by atoms with Crippen LogP contribution in [0, 0.1) is 0 Å². The van der Waals surface area contributed by atoms with Crippen molar-refractivity contribution in [2.24, 2.45) is 0 Å². The van der Waals surface area contributed by atoms with Crippen molar-refractivity contribution in [2.75, 3.05) is 7.11 Å². The van der Waals surface area contributed by atoms with Crippen molar-refractivity contribution in [3.8, 4) is 0 Å². The number of nitrogens with one attached hydrogen (secondary N) is 1. The highest BCUT2D eigenvalue weighted by molar-refractivity contribution is 9.10. The normalized spacial score (nSPS) is 15.3. The third-order valence-corrected chi connectivity index (χ3v) is 7.27. The largest absolute Gasteiger partial charge is 0.467 e. The van der Waals surface area contributed by atoms with Crippen LogP contribution in [0.15, 0.2) is 89.8 Å². The Bertz CT molecular complexity index is 1420. The highest BCUT2D eigenvalue weighted by Gasteiger charge is 2.37. The summed E-state index contributed by atoms with van der Waals surface area (Å²) in [5.41, 5.74) is 0.661. The van der Waals surface area contributed by atoms with Crippen LogP contribution in [-0.4, -0.2) is 32.3 Å². The van der Waals surface area contributed by atoms with Gasteiger partial charge in [0.2, 0.25) is 10.0 Å². The van der Waals surface area contributed by atoms with Crippen molar-refractivity contribution in [1.29, 1.82) is 0 Å². The van der Waals surface area contributed by atoms with Gasteiger partial charge in [0.15, 0.2) is 0 Å². The Kier molecular flexibility index (Phi) is 7.10. The van der Waals surface area contributed by atoms with E-state index in [-0.39, 0.29) is 34.9 Å². The molecule has 1 aliphatic heterocycles. The minimum Gasteiger partial charge on any atom is -0.467 e. The van der Waals surface area contributed by atoms with Gasteiger partial charge in [-0.05, 0) is 61.5 Å². The molecule has 0 fully saturated rings. The maximum Gasteiger partial charge on any atom is 0.340 e. The summed E-state index contributed by atoms with van der Waals surface area (Å²) in [5.74, 6) is 0.101. The first-order valence-corrected chi connectivity index (χ1v) is 12.7. The molecule has 1 N–H and O–H groups in total. The maximum atomic E-state index is 13.2. The number of carbonyl (C=O) groups is 2. The molecular formula is C24H21BrN2O7S. The molecule has 0 bridgehead atoms. The molecule has 3 aromatic rings. The van der Waals surface area contributed by atoms with Crippen molar-refractivity contribution >= 4 is 43.9 Å². The van der Waals surface area contributed by atoms with E-state index in [0.29, 0.717) is 17.2 Å². The standard InChI is InChI=1S/C24H21BrN2O7S/c1-15-22(24(29)32-2)21(23(28)27(15)14-19-4-3-11-33-19)12-17-7-8-18(34-17)13-26-35(30,31)20-9-5-16(25)6-10-20/h3-12,26H,13-14H2,1-2H3. The van der Waals surface area contributed by atoms with Crippen LogP contribution in [0.1, 0.15) is 24.2 Å². The van der Waals surface area contributed by atoms with Crippen LogP contribution < -0.4 is 4.72 Å². The first-order chi connectivity index (χ1) is 16.7. The summed E-state index contributed by atoms with van der Waals surface area (Å²) in [6.45, 7) is 1.70. The van der Waals surface area contributed by atoms with E-state index in [0.717, 1.165) is 4.47 Å². The van der Waals surface area contributed by atoms with Gasteiger partial charge in [-0.25, -0.2) is 17.9 Å². The SMILES string of the molecule is COC(=O)C1=C(C)N(Cc2ccco2)C(=O)C1=Cc1ccc(CNS(=O)(=O)c2ccc(Br)cc2)o1. The molecule has 0 saturated heterocycles. The molecule has 3 heterocycles. The highest BCUT2D eigenvalue weighted by Crippen LogP contribution is 2.33. The number of rotatable bonds is 8. The molecule has 4 rings (SSSR count). The smallest absolute Gasteiger partial charge is 0.340 e. The van der Waals surface area contributed by atoms with Gasteiger partial charge in [0.25, 0.3) is 5.91 Å². The Labute approximate surface area is 210 Å². The Hall–Kier alpha value is -3.41. The predicted molar refractivity (Wildman–Crippen MR) is 129 cm³/mol. The number of hydrogen-bond donors (Lipinski definition) is 1. The highest BCUT2D eigenvalue weighted by atomic mass is 79.9. The first kappa shape index (κ1) is 24.7. The molecule has 9 nitrogen and oxygen atoms in total. The topological polar surface area (TPSA) is 119 Å². The number of nitrogens with zero attached hydrogens (tertiary/aromatic N) is 1. The van der Waals surface area contributed by atoms with Crippen LogP contribution >= 0.6 is 15.9 Å². The average molecular weight is 561 g/mol. The van der Waals surface area contributed by atoms with Gasteiger partial charge < -0.3 is 18.5 Å². The molecular weight excluding hydrogens is 540 g/mol. The van der Waals surface area contributed by atoms with Gasteiger partial charge in [-0.3, -0.25) is 4.79 Å². The van der Waals surface area contributed by atoms with Gasteiger partial charge in [0.1, 0.15) is 17.3 Å². The van der Waals surface area contributed by atoms with E-state index < -0.39 is 21.9 Å². The number of ether oxygens (including phenoxy) is 1. The number of furan rings is 2. The van der Waals surface area contributed by atoms with Gasteiger partial charge in [-0.15, -0.1) is 0 Å². The van der Waals surface area contributed by atoms with E-state index in [1.165, 1.54) is 36.5 Å². The fourth-order valence-corrected chi connectivity index (χ4v) is 4.81. The summed E-state index contributed by atoms with van der Waals surface area (Å²) in [7, 11) is -2.51.